The standard InChI is InChI=1S/C13H26O4/c1-5-8-15-10-11-16-9-6-7-12(14)17-13(2,3)4/h5-11H2,1-4H3. The first kappa shape index (κ1) is 16.4. The first-order valence-corrected chi connectivity index (χ1v) is 6.33. The molecule has 0 aromatic heterocycles. The van der Waals surface area contributed by atoms with E-state index in [4.69, 9.17) is 14.2 Å². The van der Waals surface area contributed by atoms with Crippen molar-refractivity contribution in [3.63, 3.8) is 0 Å². The topological polar surface area (TPSA) is 44.8 Å². The van der Waals surface area contributed by atoms with Gasteiger partial charge in [-0.25, -0.2) is 0 Å². The van der Waals surface area contributed by atoms with Crippen LogP contribution in [0.2, 0.25) is 0 Å². The fourth-order valence-electron chi connectivity index (χ4n) is 1.18. The quantitative estimate of drug-likeness (QED) is 0.463. The third kappa shape index (κ3) is 13.3. The van der Waals surface area contributed by atoms with Crippen LogP contribution in [-0.4, -0.2) is 38.0 Å². The molecular formula is C13H26O4. The molecule has 4 nitrogen and oxygen atoms in total. The van der Waals surface area contributed by atoms with Crippen molar-refractivity contribution in [3.05, 3.63) is 0 Å². The molecule has 0 radical (unpaired) electrons. The van der Waals surface area contributed by atoms with E-state index in [0.717, 1.165) is 13.0 Å². The fraction of sp³-hybridized carbons (Fsp3) is 0.923. The Balaban J connectivity index is 3.25. The fourth-order valence-corrected chi connectivity index (χ4v) is 1.18. The van der Waals surface area contributed by atoms with Crippen molar-refractivity contribution in [2.24, 2.45) is 0 Å². The molecule has 4 heteroatoms. The van der Waals surface area contributed by atoms with Gasteiger partial charge in [-0.05, 0) is 33.6 Å². The summed E-state index contributed by atoms with van der Waals surface area (Å²) in [6.45, 7) is 10.2. The summed E-state index contributed by atoms with van der Waals surface area (Å²) in [6, 6.07) is 0. The highest BCUT2D eigenvalue weighted by molar-refractivity contribution is 5.69. The zero-order valence-corrected chi connectivity index (χ0v) is 11.6. The molecule has 0 aromatic carbocycles. The molecule has 0 bridgehead atoms. The molecule has 0 saturated carbocycles. The van der Waals surface area contributed by atoms with E-state index in [0.29, 0.717) is 32.7 Å². The molecule has 0 aliphatic carbocycles. The predicted molar refractivity (Wildman–Crippen MR) is 67.0 cm³/mol. The average molecular weight is 246 g/mol. The van der Waals surface area contributed by atoms with Gasteiger partial charge in [0.15, 0.2) is 0 Å². The second kappa shape index (κ2) is 9.42. The predicted octanol–water partition coefficient (Wildman–Crippen LogP) is 2.55. The van der Waals surface area contributed by atoms with E-state index in [1.165, 1.54) is 0 Å². The summed E-state index contributed by atoms with van der Waals surface area (Å²) < 4.78 is 15.8. The Morgan fingerprint density at radius 2 is 1.59 bits per heavy atom. The van der Waals surface area contributed by atoms with Gasteiger partial charge in [0.2, 0.25) is 0 Å². The zero-order valence-electron chi connectivity index (χ0n) is 11.6. The number of esters is 1. The highest BCUT2D eigenvalue weighted by Gasteiger charge is 2.15. The smallest absolute Gasteiger partial charge is 0.306 e. The molecule has 0 spiro atoms. The monoisotopic (exact) mass is 246 g/mol. The second-order valence-electron chi connectivity index (χ2n) is 4.91. The van der Waals surface area contributed by atoms with Crippen LogP contribution >= 0.6 is 0 Å². The SMILES string of the molecule is CCCOCCOCCCC(=O)OC(C)(C)C. The minimum absolute atomic E-state index is 0.164. The first-order chi connectivity index (χ1) is 7.95. The van der Waals surface area contributed by atoms with Crippen LogP contribution in [0.4, 0.5) is 0 Å². The Labute approximate surface area is 105 Å². The molecule has 102 valence electrons. The van der Waals surface area contributed by atoms with Gasteiger partial charge in [-0.1, -0.05) is 6.92 Å². The van der Waals surface area contributed by atoms with Crippen LogP contribution in [0.1, 0.15) is 47.0 Å². The summed E-state index contributed by atoms with van der Waals surface area (Å²) in [7, 11) is 0. The Bertz CT molecular complexity index is 196. The summed E-state index contributed by atoms with van der Waals surface area (Å²) in [6.07, 6.45) is 2.13. The van der Waals surface area contributed by atoms with Gasteiger partial charge in [-0.2, -0.15) is 0 Å². The van der Waals surface area contributed by atoms with E-state index in [-0.39, 0.29) is 5.97 Å². The number of ether oxygens (including phenoxy) is 3. The lowest BCUT2D eigenvalue weighted by atomic mass is 10.2. The highest BCUT2D eigenvalue weighted by Crippen LogP contribution is 2.08. The molecule has 0 atom stereocenters. The summed E-state index contributed by atoms with van der Waals surface area (Å²) in [5, 5.41) is 0. The Hall–Kier alpha value is -0.610. The largest absolute Gasteiger partial charge is 0.460 e. The average Bonchev–Trinajstić information content (AvgIpc) is 2.19. The van der Waals surface area contributed by atoms with Gasteiger partial charge in [-0.3, -0.25) is 4.79 Å². The minimum Gasteiger partial charge on any atom is -0.460 e. The molecule has 0 saturated heterocycles. The van der Waals surface area contributed by atoms with Gasteiger partial charge in [0.25, 0.3) is 0 Å². The number of hydrogen-bond acceptors (Lipinski definition) is 4. The van der Waals surface area contributed by atoms with Crippen LogP contribution in [0.5, 0.6) is 0 Å². The molecule has 0 aliphatic rings. The van der Waals surface area contributed by atoms with Crippen LogP contribution in [0.15, 0.2) is 0 Å². The van der Waals surface area contributed by atoms with E-state index in [2.05, 4.69) is 6.92 Å². The van der Waals surface area contributed by atoms with E-state index in [1.54, 1.807) is 0 Å². The van der Waals surface area contributed by atoms with Crippen molar-refractivity contribution in [2.75, 3.05) is 26.4 Å². The van der Waals surface area contributed by atoms with Crippen LogP contribution < -0.4 is 0 Å². The van der Waals surface area contributed by atoms with Gasteiger partial charge in [0.05, 0.1) is 13.2 Å². The lowest BCUT2D eigenvalue weighted by molar-refractivity contribution is -0.155. The maximum atomic E-state index is 11.3. The third-order valence-corrected chi connectivity index (χ3v) is 1.81. The molecule has 0 heterocycles. The number of carbonyl (C=O) groups is 1. The van der Waals surface area contributed by atoms with Gasteiger partial charge in [0.1, 0.15) is 5.60 Å². The molecule has 0 unspecified atom stereocenters. The van der Waals surface area contributed by atoms with Crippen molar-refractivity contribution >= 4 is 5.97 Å². The highest BCUT2D eigenvalue weighted by atomic mass is 16.6. The van der Waals surface area contributed by atoms with Gasteiger partial charge < -0.3 is 14.2 Å². The maximum absolute atomic E-state index is 11.3. The summed E-state index contributed by atoms with van der Waals surface area (Å²) in [4.78, 5) is 11.3. The molecule has 17 heavy (non-hydrogen) atoms. The first-order valence-electron chi connectivity index (χ1n) is 6.33. The summed E-state index contributed by atoms with van der Waals surface area (Å²) >= 11 is 0. The van der Waals surface area contributed by atoms with Crippen molar-refractivity contribution in [1.29, 1.82) is 0 Å². The van der Waals surface area contributed by atoms with Crippen LogP contribution in [-0.2, 0) is 19.0 Å². The maximum Gasteiger partial charge on any atom is 0.306 e. The van der Waals surface area contributed by atoms with Crippen LogP contribution in [0.25, 0.3) is 0 Å². The zero-order chi connectivity index (χ0) is 13.1. The summed E-state index contributed by atoms with van der Waals surface area (Å²) in [5.41, 5.74) is -0.397. The molecule has 0 aliphatic heterocycles. The Morgan fingerprint density at radius 3 is 2.12 bits per heavy atom. The number of carbonyl (C=O) groups excluding carboxylic acids is 1. The van der Waals surface area contributed by atoms with E-state index in [1.807, 2.05) is 20.8 Å². The van der Waals surface area contributed by atoms with Crippen LogP contribution in [0.3, 0.4) is 0 Å². The molecule has 0 fully saturated rings. The van der Waals surface area contributed by atoms with Gasteiger partial charge in [-0.15, -0.1) is 0 Å². The van der Waals surface area contributed by atoms with Crippen molar-refractivity contribution in [1.82, 2.24) is 0 Å². The van der Waals surface area contributed by atoms with Crippen molar-refractivity contribution in [3.8, 4) is 0 Å². The van der Waals surface area contributed by atoms with E-state index < -0.39 is 5.60 Å². The normalized spacial score (nSPS) is 11.5. The number of hydrogen-bond donors (Lipinski definition) is 0. The van der Waals surface area contributed by atoms with Crippen molar-refractivity contribution < 1.29 is 19.0 Å². The molecule has 0 N–H and O–H groups in total. The van der Waals surface area contributed by atoms with Gasteiger partial charge >= 0.3 is 5.97 Å². The minimum atomic E-state index is -0.397. The third-order valence-electron chi connectivity index (χ3n) is 1.81. The summed E-state index contributed by atoms with van der Waals surface area (Å²) in [5.74, 6) is -0.164. The van der Waals surface area contributed by atoms with Crippen LogP contribution in [0, 0.1) is 0 Å². The van der Waals surface area contributed by atoms with Gasteiger partial charge in [0, 0.05) is 19.6 Å². The van der Waals surface area contributed by atoms with E-state index in [9.17, 15) is 4.79 Å². The van der Waals surface area contributed by atoms with Crippen molar-refractivity contribution in [2.45, 2.75) is 52.6 Å². The Morgan fingerprint density at radius 1 is 1.00 bits per heavy atom. The molecule has 0 amide bonds. The molecule has 0 aromatic rings. The van der Waals surface area contributed by atoms with E-state index >= 15 is 0 Å². The second-order valence-corrected chi connectivity index (χ2v) is 4.91. The Kier molecular flexibility index (Phi) is 9.09. The lowest BCUT2D eigenvalue weighted by Gasteiger charge is -2.19. The molecular weight excluding hydrogens is 220 g/mol. The molecule has 0 rings (SSSR count). The lowest BCUT2D eigenvalue weighted by Crippen LogP contribution is -2.23. The number of rotatable bonds is 9.